The number of anilines is 1. The standard InChI is InChI=1S/C21H29N3O4/c1-3-21(2)19(26)24(20(27)23-21)13-18(25)22-16-9-7-8-15(12-16)14-28-17-10-5-4-6-11-17/h7-9,12,17H,3-6,10-11,13-14H2,1-2H3,(H,22,25)(H,23,27). The molecule has 28 heavy (non-hydrogen) atoms. The molecule has 0 bridgehead atoms. The summed E-state index contributed by atoms with van der Waals surface area (Å²) in [6.07, 6.45) is 6.74. The van der Waals surface area contributed by atoms with Crippen LogP contribution in [0.1, 0.15) is 57.9 Å². The number of benzene rings is 1. The van der Waals surface area contributed by atoms with Gasteiger partial charge in [-0.15, -0.1) is 0 Å². The first-order chi connectivity index (χ1) is 13.4. The average Bonchev–Trinajstić information content (AvgIpc) is 2.91. The summed E-state index contributed by atoms with van der Waals surface area (Å²) >= 11 is 0. The Morgan fingerprint density at radius 2 is 2.04 bits per heavy atom. The molecular weight excluding hydrogens is 358 g/mol. The Kier molecular flexibility index (Phi) is 6.34. The molecule has 2 fully saturated rings. The van der Waals surface area contributed by atoms with Crippen LogP contribution >= 0.6 is 0 Å². The maximum Gasteiger partial charge on any atom is 0.325 e. The molecule has 7 nitrogen and oxygen atoms in total. The molecule has 1 unspecified atom stereocenters. The predicted molar refractivity (Wildman–Crippen MR) is 106 cm³/mol. The lowest BCUT2D eigenvalue weighted by atomic mass is 9.98. The highest BCUT2D eigenvalue weighted by Crippen LogP contribution is 2.23. The maximum atomic E-state index is 12.4. The maximum absolute atomic E-state index is 12.4. The van der Waals surface area contributed by atoms with Crippen LogP contribution in [-0.2, 0) is 20.9 Å². The van der Waals surface area contributed by atoms with Gasteiger partial charge in [0.1, 0.15) is 12.1 Å². The van der Waals surface area contributed by atoms with Crippen LogP contribution in [0, 0.1) is 0 Å². The van der Waals surface area contributed by atoms with E-state index in [4.69, 9.17) is 4.74 Å². The van der Waals surface area contributed by atoms with Crippen molar-refractivity contribution in [1.29, 1.82) is 0 Å². The van der Waals surface area contributed by atoms with Crippen LogP contribution in [0.2, 0.25) is 0 Å². The van der Waals surface area contributed by atoms with E-state index in [0.29, 0.717) is 24.8 Å². The first kappa shape index (κ1) is 20.3. The molecule has 1 aromatic carbocycles. The minimum atomic E-state index is -0.937. The zero-order valence-corrected chi connectivity index (χ0v) is 16.6. The van der Waals surface area contributed by atoms with E-state index in [9.17, 15) is 14.4 Å². The van der Waals surface area contributed by atoms with Crippen molar-refractivity contribution >= 4 is 23.5 Å². The van der Waals surface area contributed by atoms with Crippen molar-refractivity contribution in [3.8, 4) is 0 Å². The SMILES string of the molecule is CCC1(C)NC(=O)N(CC(=O)Nc2cccc(COC3CCCCC3)c2)C1=O. The lowest BCUT2D eigenvalue weighted by Crippen LogP contribution is -2.44. The molecule has 1 aliphatic carbocycles. The van der Waals surface area contributed by atoms with Gasteiger partial charge in [0.15, 0.2) is 0 Å². The summed E-state index contributed by atoms with van der Waals surface area (Å²) in [5.74, 6) is -0.779. The van der Waals surface area contributed by atoms with Gasteiger partial charge in [-0.3, -0.25) is 14.5 Å². The van der Waals surface area contributed by atoms with Crippen LogP contribution in [0.5, 0.6) is 0 Å². The third kappa shape index (κ3) is 4.70. The van der Waals surface area contributed by atoms with Crippen LogP contribution in [0.25, 0.3) is 0 Å². The van der Waals surface area contributed by atoms with Crippen LogP contribution in [0.4, 0.5) is 10.5 Å². The van der Waals surface area contributed by atoms with E-state index >= 15 is 0 Å². The first-order valence-corrected chi connectivity index (χ1v) is 10.1. The van der Waals surface area contributed by atoms with Crippen LogP contribution in [0.15, 0.2) is 24.3 Å². The number of carbonyl (C=O) groups is 3. The largest absolute Gasteiger partial charge is 0.374 e. The van der Waals surface area contributed by atoms with Gasteiger partial charge in [-0.05, 0) is 43.9 Å². The zero-order chi connectivity index (χ0) is 20.1. The van der Waals surface area contributed by atoms with E-state index in [1.54, 1.807) is 13.0 Å². The molecule has 1 aliphatic heterocycles. The molecule has 0 spiro atoms. The van der Waals surface area contributed by atoms with Crippen molar-refractivity contribution in [2.24, 2.45) is 0 Å². The summed E-state index contributed by atoms with van der Waals surface area (Å²) in [4.78, 5) is 37.8. The lowest BCUT2D eigenvalue weighted by molar-refractivity contribution is -0.133. The Morgan fingerprint density at radius 3 is 2.71 bits per heavy atom. The van der Waals surface area contributed by atoms with E-state index in [2.05, 4.69) is 10.6 Å². The second-order valence-corrected chi connectivity index (χ2v) is 7.83. The molecule has 152 valence electrons. The Balaban J connectivity index is 1.54. The van der Waals surface area contributed by atoms with Gasteiger partial charge in [-0.25, -0.2) is 4.79 Å². The molecule has 1 heterocycles. The summed E-state index contributed by atoms with van der Waals surface area (Å²) < 4.78 is 5.98. The molecule has 3 rings (SSSR count). The summed E-state index contributed by atoms with van der Waals surface area (Å²) in [5.41, 5.74) is 0.672. The second kappa shape index (κ2) is 8.73. The number of hydrogen-bond donors (Lipinski definition) is 2. The van der Waals surface area contributed by atoms with E-state index in [1.165, 1.54) is 19.3 Å². The highest BCUT2D eigenvalue weighted by molar-refractivity contribution is 6.09. The summed E-state index contributed by atoms with van der Waals surface area (Å²) in [7, 11) is 0. The van der Waals surface area contributed by atoms with Crippen molar-refractivity contribution in [2.75, 3.05) is 11.9 Å². The predicted octanol–water partition coefficient (Wildman–Crippen LogP) is 3.19. The third-order valence-corrected chi connectivity index (χ3v) is 5.60. The van der Waals surface area contributed by atoms with E-state index < -0.39 is 17.5 Å². The molecule has 7 heteroatoms. The first-order valence-electron chi connectivity index (χ1n) is 10.1. The van der Waals surface area contributed by atoms with Gasteiger partial charge >= 0.3 is 6.03 Å². The van der Waals surface area contributed by atoms with Crippen LogP contribution in [-0.4, -0.2) is 40.9 Å². The number of hydrogen-bond acceptors (Lipinski definition) is 4. The number of rotatable bonds is 7. The summed E-state index contributed by atoms with van der Waals surface area (Å²) in [6, 6.07) is 6.94. The summed E-state index contributed by atoms with van der Waals surface area (Å²) in [5, 5.41) is 5.41. The lowest BCUT2D eigenvalue weighted by Gasteiger charge is -2.22. The number of carbonyl (C=O) groups excluding carboxylic acids is 3. The monoisotopic (exact) mass is 387 g/mol. The minimum absolute atomic E-state index is 0.303. The molecule has 0 radical (unpaired) electrons. The number of imide groups is 1. The molecule has 2 N–H and O–H groups in total. The Bertz CT molecular complexity index is 745. The molecule has 1 atom stereocenters. The van der Waals surface area contributed by atoms with Crippen LogP contribution < -0.4 is 10.6 Å². The Morgan fingerprint density at radius 1 is 1.29 bits per heavy atom. The number of amides is 4. The summed E-state index contributed by atoms with van der Waals surface area (Å²) in [6.45, 7) is 3.70. The van der Waals surface area contributed by atoms with Gasteiger partial charge in [-0.2, -0.15) is 0 Å². The molecular formula is C21H29N3O4. The van der Waals surface area contributed by atoms with E-state index in [1.807, 2.05) is 25.1 Å². The van der Waals surface area contributed by atoms with Gasteiger partial charge in [0.25, 0.3) is 5.91 Å². The zero-order valence-electron chi connectivity index (χ0n) is 16.6. The number of nitrogens with zero attached hydrogens (tertiary/aromatic N) is 1. The fraction of sp³-hybridized carbons (Fsp3) is 0.571. The van der Waals surface area contributed by atoms with Crippen molar-refractivity contribution in [3.05, 3.63) is 29.8 Å². The normalized spacial score (nSPS) is 23.0. The van der Waals surface area contributed by atoms with E-state index in [0.717, 1.165) is 23.3 Å². The molecule has 0 aromatic heterocycles. The fourth-order valence-corrected chi connectivity index (χ4v) is 3.66. The Labute approximate surface area is 165 Å². The third-order valence-electron chi connectivity index (χ3n) is 5.60. The highest BCUT2D eigenvalue weighted by Gasteiger charge is 2.46. The average molecular weight is 387 g/mol. The molecule has 1 saturated heterocycles. The van der Waals surface area contributed by atoms with Gasteiger partial charge < -0.3 is 15.4 Å². The van der Waals surface area contributed by atoms with Crippen molar-refractivity contribution < 1.29 is 19.1 Å². The van der Waals surface area contributed by atoms with Gasteiger partial charge in [-0.1, -0.05) is 38.3 Å². The van der Waals surface area contributed by atoms with Crippen molar-refractivity contribution in [1.82, 2.24) is 10.2 Å². The van der Waals surface area contributed by atoms with E-state index in [-0.39, 0.29) is 12.5 Å². The Hall–Kier alpha value is -2.41. The smallest absolute Gasteiger partial charge is 0.325 e. The quantitative estimate of drug-likeness (QED) is 0.704. The fourth-order valence-electron chi connectivity index (χ4n) is 3.66. The number of urea groups is 1. The topological polar surface area (TPSA) is 87.7 Å². The van der Waals surface area contributed by atoms with Gasteiger partial charge in [0, 0.05) is 5.69 Å². The highest BCUT2D eigenvalue weighted by atomic mass is 16.5. The molecule has 1 aromatic rings. The van der Waals surface area contributed by atoms with Crippen molar-refractivity contribution in [2.45, 2.75) is 70.6 Å². The molecule has 4 amide bonds. The number of nitrogens with one attached hydrogen (secondary N) is 2. The second-order valence-electron chi connectivity index (χ2n) is 7.83. The molecule has 2 aliphatic rings. The minimum Gasteiger partial charge on any atom is -0.374 e. The molecule has 1 saturated carbocycles. The van der Waals surface area contributed by atoms with Gasteiger partial charge in [0.05, 0.1) is 12.7 Å². The van der Waals surface area contributed by atoms with Gasteiger partial charge in [0.2, 0.25) is 5.91 Å². The number of ether oxygens (including phenoxy) is 1. The van der Waals surface area contributed by atoms with Crippen LogP contribution in [0.3, 0.4) is 0 Å². The van der Waals surface area contributed by atoms with Crippen molar-refractivity contribution in [3.63, 3.8) is 0 Å².